The highest BCUT2D eigenvalue weighted by atomic mass is 15.4. The predicted octanol–water partition coefficient (Wildman–Crippen LogP) is 1.36. The molecule has 1 heterocycles. The largest absolute Gasteiger partial charge is 0.354 e. The molecule has 0 atom stereocenters. The van der Waals surface area contributed by atoms with Gasteiger partial charge in [0.15, 0.2) is 0 Å². The molecule has 0 bridgehead atoms. The first-order valence-electron chi connectivity index (χ1n) is 6.52. The fourth-order valence-electron chi connectivity index (χ4n) is 1.89. The van der Waals surface area contributed by atoms with Crippen molar-refractivity contribution in [2.24, 2.45) is 0 Å². The number of rotatable bonds is 5. The number of nitrogens with one attached hydrogen (secondary N) is 1. The summed E-state index contributed by atoms with van der Waals surface area (Å²) in [4.78, 5) is 17.4. The highest BCUT2D eigenvalue weighted by Crippen LogP contribution is 2.27. The van der Waals surface area contributed by atoms with Gasteiger partial charge in [0.2, 0.25) is 17.8 Å². The first kappa shape index (κ1) is 12.9. The van der Waals surface area contributed by atoms with Gasteiger partial charge in [-0.2, -0.15) is 15.0 Å². The summed E-state index contributed by atoms with van der Waals surface area (Å²) in [6.45, 7) is 2.85. The number of hydrogen-bond acceptors (Lipinski definition) is 6. The third-order valence-electron chi connectivity index (χ3n) is 3.28. The average Bonchev–Trinajstić information content (AvgIpc) is 2.26. The molecule has 1 fully saturated rings. The Balaban J connectivity index is 2.26. The molecule has 1 aliphatic carbocycles. The molecular weight excluding hydrogens is 228 g/mol. The van der Waals surface area contributed by atoms with Crippen LogP contribution in [0.15, 0.2) is 0 Å². The number of aromatic nitrogens is 3. The first-order valence-corrected chi connectivity index (χ1v) is 6.52. The summed E-state index contributed by atoms with van der Waals surface area (Å²) >= 11 is 0. The second kappa shape index (κ2) is 5.37. The SMILES string of the molecule is CCNc1nc(N(C)C)nc(N(C)C2CCC2)n1. The molecule has 6 heteroatoms. The summed E-state index contributed by atoms with van der Waals surface area (Å²) in [5.41, 5.74) is 0. The Morgan fingerprint density at radius 2 is 1.78 bits per heavy atom. The lowest BCUT2D eigenvalue weighted by molar-refractivity contribution is 0.397. The van der Waals surface area contributed by atoms with Gasteiger partial charge >= 0.3 is 0 Å². The van der Waals surface area contributed by atoms with Crippen LogP contribution in [-0.2, 0) is 0 Å². The normalized spacial score (nSPS) is 15.1. The molecule has 1 aromatic heterocycles. The minimum Gasteiger partial charge on any atom is -0.354 e. The van der Waals surface area contributed by atoms with Crippen LogP contribution in [0.4, 0.5) is 17.8 Å². The summed E-state index contributed by atoms with van der Waals surface area (Å²) < 4.78 is 0. The van der Waals surface area contributed by atoms with Crippen molar-refractivity contribution >= 4 is 17.8 Å². The van der Waals surface area contributed by atoms with E-state index in [1.807, 2.05) is 25.9 Å². The van der Waals surface area contributed by atoms with E-state index in [-0.39, 0.29) is 0 Å². The van der Waals surface area contributed by atoms with Gasteiger partial charge in [0.1, 0.15) is 0 Å². The van der Waals surface area contributed by atoms with Gasteiger partial charge in [-0.25, -0.2) is 0 Å². The highest BCUT2D eigenvalue weighted by Gasteiger charge is 2.24. The lowest BCUT2D eigenvalue weighted by atomic mass is 9.92. The Kier molecular flexibility index (Phi) is 3.84. The molecule has 1 aliphatic rings. The summed E-state index contributed by atoms with van der Waals surface area (Å²) in [6.07, 6.45) is 3.77. The van der Waals surface area contributed by atoms with Crippen LogP contribution in [0.25, 0.3) is 0 Å². The molecule has 1 saturated carbocycles. The standard InChI is InChI=1S/C12H22N6/c1-5-13-10-14-11(17(2)3)16-12(15-10)18(4)9-7-6-8-9/h9H,5-8H2,1-4H3,(H,13,14,15,16). The topological polar surface area (TPSA) is 57.2 Å². The molecule has 6 nitrogen and oxygen atoms in total. The van der Waals surface area contributed by atoms with Gasteiger partial charge in [-0.05, 0) is 26.2 Å². The van der Waals surface area contributed by atoms with Crippen molar-refractivity contribution in [2.75, 3.05) is 42.8 Å². The molecule has 0 amide bonds. The Labute approximate surface area is 108 Å². The molecule has 0 radical (unpaired) electrons. The van der Waals surface area contributed by atoms with Crippen LogP contribution in [0.3, 0.4) is 0 Å². The third-order valence-corrected chi connectivity index (χ3v) is 3.28. The number of anilines is 3. The molecule has 1 aromatic rings. The van der Waals surface area contributed by atoms with Crippen LogP contribution in [0.5, 0.6) is 0 Å². The Morgan fingerprint density at radius 1 is 1.11 bits per heavy atom. The van der Waals surface area contributed by atoms with E-state index < -0.39 is 0 Å². The minimum atomic E-state index is 0.580. The molecule has 0 unspecified atom stereocenters. The maximum Gasteiger partial charge on any atom is 0.231 e. The Bertz CT molecular complexity index is 402. The predicted molar refractivity (Wildman–Crippen MR) is 74.4 cm³/mol. The van der Waals surface area contributed by atoms with Crippen molar-refractivity contribution in [1.82, 2.24) is 15.0 Å². The van der Waals surface area contributed by atoms with E-state index in [4.69, 9.17) is 0 Å². The second-order valence-corrected chi connectivity index (χ2v) is 4.88. The maximum atomic E-state index is 4.51. The number of nitrogens with zero attached hydrogens (tertiary/aromatic N) is 5. The molecule has 0 saturated heterocycles. The second-order valence-electron chi connectivity index (χ2n) is 4.88. The molecule has 18 heavy (non-hydrogen) atoms. The molecule has 0 aromatic carbocycles. The third kappa shape index (κ3) is 2.63. The zero-order valence-electron chi connectivity index (χ0n) is 11.6. The molecule has 0 spiro atoms. The average molecular weight is 250 g/mol. The van der Waals surface area contributed by atoms with Crippen LogP contribution in [0.1, 0.15) is 26.2 Å². The van der Waals surface area contributed by atoms with Crippen molar-refractivity contribution in [3.63, 3.8) is 0 Å². The van der Waals surface area contributed by atoms with Crippen molar-refractivity contribution in [2.45, 2.75) is 32.2 Å². The lowest BCUT2D eigenvalue weighted by Gasteiger charge is -2.34. The van der Waals surface area contributed by atoms with E-state index in [1.54, 1.807) is 0 Å². The van der Waals surface area contributed by atoms with Crippen LogP contribution < -0.4 is 15.1 Å². The molecule has 0 aliphatic heterocycles. The monoisotopic (exact) mass is 250 g/mol. The smallest absolute Gasteiger partial charge is 0.231 e. The Morgan fingerprint density at radius 3 is 2.28 bits per heavy atom. The van der Waals surface area contributed by atoms with E-state index in [1.165, 1.54) is 19.3 Å². The van der Waals surface area contributed by atoms with E-state index >= 15 is 0 Å². The molecule has 2 rings (SSSR count). The van der Waals surface area contributed by atoms with Crippen molar-refractivity contribution in [3.8, 4) is 0 Å². The van der Waals surface area contributed by atoms with E-state index in [0.29, 0.717) is 17.9 Å². The van der Waals surface area contributed by atoms with Crippen LogP contribution in [0, 0.1) is 0 Å². The van der Waals surface area contributed by atoms with Gasteiger partial charge in [0.25, 0.3) is 0 Å². The van der Waals surface area contributed by atoms with E-state index in [0.717, 1.165) is 12.5 Å². The summed E-state index contributed by atoms with van der Waals surface area (Å²) in [5.74, 6) is 2.11. The summed E-state index contributed by atoms with van der Waals surface area (Å²) in [6, 6.07) is 0.580. The fraction of sp³-hybridized carbons (Fsp3) is 0.750. The van der Waals surface area contributed by atoms with Gasteiger partial charge < -0.3 is 15.1 Å². The molecule has 100 valence electrons. The molecule has 1 N–H and O–H groups in total. The van der Waals surface area contributed by atoms with Crippen LogP contribution in [-0.4, -0.2) is 48.7 Å². The zero-order valence-corrected chi connectivity index (χ0v) is 11.6. The van der Waals surface area contributed by atoms with E-state index in [9.17, 15) is 0 Å². The minimum absolute atomic E-state index is 0.580. The van der Waals surface area contributed by atoms with Gasteiger partial charge in [-0.1, -0.05) is 0 Å². The van der Waals surface area contributed by atoms with Gasteiger partial charge in [-0.3, -0.25) is 0 Å². The lowest BCUT2D eigenvalue weighted by Crippen LogP contribution is -2.38. The van der Waals surface area contributed by atoms with Gasteiger partial charge in [0.05, 0.1) is 0 Å². The summed E-state index contributed by atoms with van der Waals surface area (Å²) in [5, 5.41) is 3.16. The maximum absolute atomic E-state index is 4.51. The summed E-state index contributed by atoms with van der Waals surface area (Å²) in [7, 11) is 5.95. The van der Waals surface area contributed by atoms with Crippen molar-refractivity contribution in [1.29, 1.82) is 0 Å². The van der Waals surface area contributed by atoms with Crippen molar-refractivity contribution in [3.05, 3.63) is 0 Å². The van der Waals surface area contributed by atoms with Gasteiger partial charge in [-0.15, -0.1) is 0 Å². The number of hydrogen-bond donors (Lipinski definition) is 1. The van der Waals surface area contributed by atoms with E-state index in [2.05, 4.69) is 32.2 Å². The Hall–Kier alpha value is -1.59. The zero-order chi connectivity index (χ0) is 13.1. The van der Waals surface area contributed by atoms with Crippen LogP contribution >= 0.6 is 0 Å². The van der Waals surface area contributed by atoms with Crippen molar-refractivity contribution < 1.29 is 0 Å². The molecular formula is C12H22N6. The highest BCUT2D eigenvalue weighted by molar-refractivity contribution is 5.44. The first-order chi connectivity index (χ1) is 8.61. The fourth-order valence-corrected chi connectivity index (χ4v) is 1.89. The van der Waals surface area contributed by atoms with Gasteiger partial charge in [0, 0.05) is 33.7 Å². The quantitative estimate of drug-likeness (QED) is 0.851. The van der Waals surface area contributed by atoms with Crippen LogP contribution in [0.2, 0.25) is 0 Å².